The molecule has 0 bridgehead atoms. The van der Waals surface area contributed by atoms with Crippen LogP contribution in [0.4, 0.5) is 5.13 Å². The van der Waals surface area contributed by atoms with Gasteiger partial charge in [0.2, 0.25) is 5.91 Å². The number of anilines is 1. The topological polar surface area (TPSA) is 76.9 Å². The molecule has 31 heavy (non-hydrogen) atoms. The number of thiazole rings is 1. The number of rotatable bonds is 5. The molecule has 0 spiro atoms. The summed E-state index contributed by atoms with van der Waals surface area (Å²) in [5, 5.41) is 6.66. The van der Waals surface area contributed by atoms with E-state index < -0.39 is 0 Å². The smallest absolute Gasteiger partial charge is 0.267 e. The van der Waals surface area contributed by atoms with Gasteiger partial charge in [0.1, 0.15) is 4.83 Å². The molecule has 0 aliphatic heterocycles. The maximum absolute atomic E-state index is 13.6. The van der Waals surface area contributed by atoms with Crippen LogP contribution in [0, 0.1) is 6.92 Å². The minimum atomic E-state index is -0.139. The van der Waals surface area contributed by atoms with Crippen LogP contribution in [0.2, 0.25) is 0 Å². The van der Waals surface area contributed by atoms with Crippen LogP contribution in [-0.4, -0.2) is 20.4 Å². The fraction of sp³-hybridized carbons (Fsp3) is 0.273. The monoisotopic (exact) mass is 468 g/mol. The predicted octanol–water partition coefficient (Wildman–Crippen LogP) is 4.95. The van der Waals surface area contributed by atoms with Crippen molar-refractivity contribution in [3.8, 4) is 5.69 Å². The molecule has 0 saturated carbocycles. The van der Waals surface area contributed by atoms with E-state index in [1.54, 1.807) is 15.9 Å². The molecule has 5 rings (SSSR count). The van der Waals surface area contributed by atoms with Crippen molar-refractivity contribution in [2.45, 2.75) is 44.0 Å². The number of nitrogens with one attached hydrogen (secondary N) is 1. The average molecular weight is 469 g/mol. The lowest BCUT2D eigenvalue weighted by Crippen LogP contribution is -2.21. The lowest BCUT2D eigenvalue weighted by atomic mass is 10.2. The van der Waals surface area contributed by atoms with E-state index in [-0.39, 0.29) is 11.5 Å². The maximum atomic E-state index is 13.6. The van der Waals surface area contributed by atoms with E-state index in [9.17, 15) is 9.59 Å². The molecule has 1 amide bonds. The van der Waals surface area contributed by atoms with Gasteiger partial charge in [0.25, 0.3) is 5.56 Å². The fourth-order valence-corrected chi connectivity index (χ4v) is 6.83. The first-order valence-electron chi connectivity index (χ1n) is 9.99. The third-order valence-electron chi connectivity index (χ3n) is 5.18. The number of thiophene rings is 1. The molecule has 1 aromatic carbocycles. The van der Waals surface area contributed by atoms with Crippen molar-refractivity contribution in [3.63, 3.8) is 0 Å². The van der Waals surface area contributed by atoms with Gasteiger partial charge < -0.3 is 5.32 Å². The van der Waals surface area contributed by atoms with Gasteiger partial charge in [-0.3, -0.25) is 14.2 Å². The highest BCUT2D eigenvalue weighted by Gasteiger charge is 2.24. The second kappa shape index (κ2) is 8.22. The van der Waals surface area contributed by atoms with Crippen LogP contribution in [0.25, 0.3) is 15.9 Å². The number of carbonyl (C=O) groups is 1. The zero-order valence-corrected chi connectivity index (χ0v) is 19.5. The van der Waals surface area contributed by atoms with Crippen LogP contribution >= 0.6 is 34.4 Å². The number of aryl methyl sites for hydroxylation is 3. The van der Waals surface area contributed by atoms with Gasteiger partial charge in [-0.05, 0) is 43.9 Å². The molecule has 1 N–H and O–H groups in total. The highest BCUT2D eigenvalue weighted by molar-refractivity contribution is 7.98. The Morgan fingerprint density at radius 2 is 2.03 bits per heavy atom. The lowest BCUT2D eigenvalue weighted by Gasteiger charge is -2.12. The Morgan fingerprint density at radius 1 is 1.23 bits per heavy atom. The molecular formula is C22H20N4O2S3. The number of benzene rings is 1. The van der Waals surface area contributed by atoms with E-state index in [2.05, 4.69) is 10.3 Å². The number of hydrogen-bond acceptors (Lipinski definition) is 7. The first kappa shape index (κ1) is 20.4. The summed E-state index contributed by atoms with van der Waals surface area (Å²) in [7, 11) is 0. The summed E-state index contributed by atoms with van der Waals surface area (Å²) in [6, 6.07) is 7.97. The quantitative estimate of drug-likeness (QED) is 0.331. The Morgan fingerprint density at radius 3 is 2.81 bits per heavy atom. The molecule has 3 aromatic heterocycles. The summed E-state index contributed by atoms with van der Waals surface area (Å²) in [6.45, 7) is 3.50. The van der Waals surface area contributed by atoms with Crippen molar-refractivity contribution in [3.05, 3.63) is 61.7 Å². The molecule has 0 fully saturated rings. The van der Waals surface area contributed by atoms with E-state index in [1.165, 1.54) is 40.5 Å². The minimum Gasteiger partial charge on any atom is -0.302 e. The molecule has 4 aromatic rings. The summed E-state index contributed by atoms with van der Waals surface area (Å²) in [6.07, 6.45) is 3.10. The number of nitrogens with zero attached hydrogens (tertiary/aromatic N) is 3. The number of aromatic nitrogens is 3. The van der Waals surface area contributed by atoms with Crippen molar-refractivity contribution >= 4 is 55.7 Å². The highest BCUT2D eigenvalue weighted by Crippen LogP contribution is 2.36. The SMILES string of the molecule is CC(=O)Nc1nc(CSc2nc3sc4c(c3c(=O)n2-c2ccc(C)cc2)CCC4)cs1. The van der Waals surface area contributed by atoms with Crippen molar-refractivity contribution < 1.29 is 4.79 Å². The van der Waals surface area contributed by atoms with E-state index in [1.807, 2.05) is 36.6 Å². The van der Waals surface area contributed by atoms with E-state index in [0.29, 0.717) is 16.0 Å². The third kappa shape index (κ3) is 3.93. The van der Waals surface area contributed by atoms with Crippen LogP contribution in [0.5, 0.6) is 0 Å². The van der Waals surface area contributed by atoms with Crippen LogP contribution in [0.1, 0.15) is 35.0 Å². The largest absolute Gasteiger partial charge is 0.302 e. The molecule has 9 heteroatoms. The van der Waals surface area contributed by atoms with Gasteiger partial charge in [-0.25, -0.2) is 9.97 Å². The number of fused-ring (bicyclic) bond motifs is 3. The van der Waals surface area contributed by atoms with Gasteiger partial charge in [0.15, 0.2) is 10.3 Å². The number of thioether (sulfide) groups is 1. The summed E-state index contributed by atoms with van der Waals surface area (Å²) >= 11 is 4.54. The van der Waals surface area contributed by atoms with Gasteiger partial charge in [-0.2, -0.15) is 0 Å². The Balaban J connectivity index is 1.56. The lowest BCUT2D eigenvalue weighted by molar-refractivity contribution is -0.114. The fourth-order valence-electron chi connectivity index (χ4n) is 3.76. The average Bonchev–Trinajstić information content (AvgIpc) is 3.43. The molecule has 158 valence electrons. The van der Waals surface area contributed by atoms with Crippen LogP contribution in [0.15, 0.2) is 39.6 Å². The van der Waals surface area contributed by atoms with E-state index in [4.69, 9.17) is 4.98 Å². The van der Waals surface area contributed by atoms with Crippen molar-refractivity contribution in [1.29, 1.82) is 0 Å². The molecule has 0 saturated heterocycles. The molecule has 0 unspecified atom stereocenters. The zero-order valence-electron chi connectivity index (χ0n) is 17.1. The number of carbonyl (C=O) groups excluding carboxylic acids is 1. The summed E-state index contributed by atoms with van der Waals surface area (Å²) in [4.78, 5) is 36.4. The normalized spacial score (nSPS) is 13.0. The van der Waals surface area contributed by atoms with Gasteiger partial charge in [-0.15, -0.1) is 22.7 Å². The first-order valence-corrected chi connectivity index (χ1v) is 12.7. The molecule has 3 heterocycles. The Kier molecular flexibility index (Phi) is 5.41. The van der Waals surface area contributed by atoms with E-state index >= 15 is 0 Å². The number of amides is 1. The third-order valence-corrected chi connectivity index (χ3v) is 8.15. The predicted molar refractivity (Wildman–Crippen MR) is 128 cm³/mol. The standard InChI is InChI=1S/C22H20N4O2S3/c1-12-6-8-15(9-7-12)26-20(28)18-16-4-3-5-17(16)31-19(18)25-22(26)30-11-14-10-29-21(24-14)23-13(2)27/h6-10H,3-5,11H2,1-2H3,(H,23,24,27). The van der Waals surface area contributed by atoms with Crippen molar-refractivity contribution in [1.82, 2.24) is 14.5 Å². The Labute approximate surface area is 191 Å². The first-order chi connectivity index (χ1) is 15.0. The second-order valence-electron chi connectivity index (χ2n) is 7.52. The van der Waals surface area contributed by atoms with Crippen molar-refractivity contribution in [2.75, 3.05) is 5.32 Å². The summed E-state index contributed by atoms with van der Waals surface area (Å²) in [5.41, 5.74) is 4.01. The maximum Gasteiger partial charge on any atom is 0.267 e. The molecular weight excluding hydrogens is 448 g/mol. The van der Waals surface area contributed by atoms with Gasteiger partial charge in [-0.1, -0.05) is 29.5 Å². The molecule has 0 atom stereocenters. The van der Waals surface area contributed by atoms with Crippen LogP contribution in [-0.2, 0) is 23.4 Å². The molecule has 0 radical (unpaired) electrons. The number of hydrogen-bond donors (Lipinski definition) is 1. The molecule has 6 nitrogen and oxygen atoms in total. The van der Waals surface area contributed by atoms with Gasteiger partial charge in [0.05, 0.1) is 16.8 Å². The second-order valence-corrected chi connectivity index (χ2v) is 10.4. The zero-order chi connectivity index (χ0) is 21.5. The van der Waals surface area contributed by atoms with Crippen molar-refractivity contribution in [2.24, 2.45) is 0 Å². The van der Waals surface area contributed by atoms with Gasteiger partial charge >= 0.3 is 0 Å². The van der Waals surface area contributed by atoms with E-state index in [0.717, 1.165) is 46.4 Å². The summed E-state index contributed by atoms with van der Waals surface area (Å²) < 4.78 is 1.73. The Hall–Kier alpha value is -2.49. The Bertz CT molecular complexity index is 1350. The van der Waals surface area contributed by atoms with Gasteiger partial charge in [0, 0.05) is 22.9 Å². The highest BCUT2D eigenvalue weighted by atomic mass is 32.2. The summed E-state index contributed by atoms with van der Waals surface area (Å²) in [5.74, 6) is 0.421. The molecule has 1 aliphatic carbocycles. The van der Waals surface area contributed by atoms with Crippen LogP contribution < -0.4 is 10.9 Å². The minimum absolute atomic E-state index is 0.00738. The van der Waals surface area contributed by atoms with Crippen LogP contribution in [0.3, 0.4) is 0 Å². The molecule has 1 aliphatic rings.